The molecule has 1 fully saturated rings. The summed E-state index contributed by atoms with van der Waals surface area (Å²) in [5, 5.41) is 0. The molecule has 1 saturated heterocycles. The minimum Gasteiger partial charge on any atom is -0.444 e. The number of nitrogens with zero attached hydrogens (tertiary/aromatic N) is 2. The Labute approximate surface area is 151 Å². The number of aromatic amines is 1. The molecule has 1 aromatic heterocycles. The van der Waals surface area contributed by atoms with E-state index in [-0.39, 0.29) is 12.1 Å². The first-order chi connectivity index (χ1) is 11.3. The molecule has 130 valence electrons. The van der Waals surface area contributed by atoms with Gasteiger partial charge in [0.25, 0.3) is 0 Å². The largest absolute Gasteiger partial charge is 0.444 e. The molecule has 0 aromatic carbocycles. The first kappa shape index (κ1) is 17.3. The smallest absolute Gasteiger partial charge is 0.410 e. The lowest BCUT2D eigenvalue weighted by Gasteiger charge is -2.27. The van der Waals surface area contributed by atoms with Crippen LogP contribution in [0, 0.1) is 0 Å². The minimum atomic E-state index is -0.481. The zero-order valence-corrected chi connectivity index (χ0v) is 16.0. The van der Waals surface area contributed by atoms with E-state index in [1.807, 2.05) is 27.0 Å². The molecule has 0 saturated carbocycles. The van der Waals surface area contributed by atoms with Gasteiger partial charge in [-0.3, -0.25) is 4.90 Å². The second-order valence-electron chi connectivity index (χ2n) is 7.32. The molecule has 3 rings (SSSR count). The van der Waals surface area contributed by atoms with Gasteiger partial charge in [-0.25, -0.2) is 9.78 Å². The van der Waals surface area contributed by atoms with E-state index in [0.717, 1.165) is 37.2 Å². The topological polar surface area (TPSA) is 58.2 Å². The number of nitrogens with one attached hydrogen (secondary N) is 1. The molecule has 2 aliphatic rings. The quantitative estimate of drug-likeness (QED) is 0.773. The monoisotopic (exact) mass is 393 g/mol. The number of halogens is 1. The molecule has 5 nitrogen and oxygen atoms in total. The average molecular weight is 394 g/mol. The van der Waals surface area contributed by atoms with E-state index < -0.39 is 5.60 Å². The molecule has 1 aliphatic heterocycles. The van der Waals surface area contributed by atoms with Crippen molar-refractivity contribution in [1.29, 1.82) is 0 Å². The van der Waals surface area contributed by atoms with Gasteiger partial charge in [0.2, 0.25) is 0 Å². The van der Waals surface area contributed by atoms with Crippen LogP contribution >= 0.6 is 15.9 Å². The van der Waals surface area contributed by atoms with Gasteiger partial charge in [-0.1, -0.05) is 28.1 Å². The van der Waals surface area contributed by atoms with Crippen molar-refractivity contribution in [2.24, 2.45) is 0 Å². The standard InChI is InChI=1S/C18H24BrN3O2/c1-18(2,3)24-17(23)22-10-4-5-15(22)16-20-11-14(21-16)12-6-8-13(19)9-7-12/h6,8,11,15H,4-5,7,9-10H2,1-3H3,(H,20,21)/t15-/m0/s1. The molecular weight excluding hydrogens is 370 g/mol. The number of imidazole rings is 1. The predicted octanol–water partition coefficient (Wildman–Crippen LogP) is 4.94. The van der Waals surface area contributed by atoms with Crippen LogP contribution < -0.4 is 0 Å². The summed E-state index contributed by atoms with van der Waals surface area (Å²) in [5.41, 5.74) is 1.81. The highest BCUT2D eigenvalue weighted by atomic mass is 79.9. The maximum Gasteiger partial charge on any atom is 0.410 e. The van der Waals surface area contributed by atoms with E-state index >= 15 is 0 Å². The molecule has 1 aliphatic carbocycles. The van der Waals surface area contributed by atoms with Gasteiger partial charge in [0, 0.05) is 6.54 Å². The van der Waals surface area contributed by atoms with Crippen LogP contribution in [0.2, 0.25) is 0 Å². The molecule has 1 aromatic rings. The van der Waals surface area contributed by atoms with Gasteiger partial charge in [0.05, 0.1) is 17.9 Å². The summed E-state index contributed by atoms with van der Waals surface area (Å²) in [6.07, 6.45) is 9.70. The fourth-order valence-corrected chi connectivity index (χ4v) is 3.43. The second-order valence-corrected chi connectivity index (χ2v) is 8.34. The Kier molecular flexibility index (Phi) is 4.85. The molecule has 1 N–H and O–H groups in total. The molecule has 0 bridgehead atoms. The third-order valence-corrected chi connectivity index (χ3v) is 4.90. The van der Waals surface area contributed by atoms with E-state index in [1.165, 1.54) is 10.1 Å². The summed E-state index contributed by atoms with van der Waals surface area (Å²) in [6, 6.07) is -0.0277. The summed E-state index contributed by atoms with van der Waals surface area (Å²) in [4.78, 5) is 22.2. The third kappa shape index (κ3) is 3.91. The minimum absolute atomic E-state index is 0.0277. The first-order valence-electron chi connectivity index (χ1n) is 8.43. The molecule has 2 heterocycles. The Balaban J connectivity index is 1.75. The molecule has 6 heteroatoms. The number of hydrogen-bond donors (Lipinski definition) is 1. The van der Waals surface area contributed by atoms with Gasteiger partial charge in [-0.05, 0) is 56.5 Å². The van der Waals surface area contributed by atoms with Crippen LogP contribution in [0.25, 0.3) is 5.57 Å². The van der Waals surface area contributed by atoms with Crippen molar-refractivity contribution >= 4 is 27.6 Å². The normalized spacial score (nSPS) is 21.5. The van der Waals surface area contributed by atoms with Crippen LogP contribution in [0.3, 0.4) is 0 Å². The highest BCUT2D eigenvalue weighted by molar-refractivity contribution is 9.11. The first-order valence-corrected chi connectivity index (χ1v) is 9.23. The number of allylic oxidation sites excluding steroid dienone is 4. The average Bonchev–Trinajstić information content (AvgIpc) is 3.15. The van der Waals surface area contributed by atoms with E-state index in [2.05, 4.69) is 38.0 Å². The second kappa shape index (κ2) is 6.75. The van der Waals surface area contributed by atoms with Crippen molar-refractivity contribution in [1.82, 2.24) is 14.9 Å². The number of ether oxygens (including phenoxy) is 1. The predicted molar refractivity (Wildman–Crippen MR) is 97.7 cm³/mol. The number of H-pyrrole nitrogens is 1. The lowest BCUT2D eigenvalue weighted by molar-refractivity contribution is 0.0218. The molecule has 0 radical (unpaired) electrons. The molecular formula is C18H24BrN3O2. The Morgan fingerprint density at radius 1 is 1.38 bits per heavy atom. The summed E-state index contributed by atoms with van der Waals surface area (Å²) in [5.74, 6) is 0.850. The Morgan fingerprint density at radius 3 is 2.83 bits per heavy atom. The van der Waals surface area contributed by atoms with E-state index in [0.29, 0.717) is 6.54 Å². The number of amides is 1. The highest BCUT2D eigenvalue weighted by Gasteiger charge is 2.34. The Bertz CT molecular complexity index is 685. The van der Waals surface area contributed by atoms with Crippen LogP contribution in [0.5, 0.6) is 0 Å². The Hall–Kier alpha value is -1.56. The number of carbonyl (C=O) groups excluding carboxylic acids is 1. The highest BCUT2D eigenvalue weighted by Crippen LogP contribution is 2.33. The number of likely N-dealkylation sites (tertiary alicyclic amines) is 1. The van der Waals surface area contributed by atoms with Crippen molar-refractivity contribution in [2.75, 3.05) is 6.54 Å². The molecule has 0 unspecified atom stereocenters. The molecule has 1 atom stereocenters. The molecule has 24 heavy (non-hydrogen) atoms. The number of hydrogen-bond acceptors (Lipinski definition) is 3. The lowest BCUT2D eigenvalue weighted by Crippen LogP contribution is -2.36. The van der Waals surface area contributed by atoms with Crippen LogP contribution in [0.1, 0.15) is 64.0 Å². The van der Waals surface area contributed by atoms with Crippen LogP contribution in [-0.4, -0.2) is 33.1 Å². The van der Waals surface area contributed by atoms with Crippen LogP contribution in [0.4, 0.5) is 4.79 Å². The summed E-state index contributed by atoms with van der Waals surface area (Å²) in [6.45, 7) is 6.39. The summed E-state index contributed by atoms with van der Waals surface area (Å²) in [7, 11) is 0. The summed E-state index contributed by atoms with van der Waals surface area (Å²) < 4.78 is 6.75. The number of carbonyl (C=O) groups is 1. The SMILES string of the molecule is CC(C)(C)OC(=O)N1CCC[C@H]1c1ncc(C2=CC=C(Br)CC2)[nH]1. The van der Waals surface area contributed by atoms with E-state index in [4.69, 9.17) is 4.74 Å². The number of rotatable bonds is 2. The van der Waals surface area contributed by atoms with Crippen molar-refractivity contribution in [2.45, 2.75) is 58.1 Å². The van der Waals surface area contributed by atoms with Gasteiger partial charge in [0.15, 0.2) is 0 Å². The molecule has 1 amide bonds. The third-order valence-electron chi connectivity index (χ3n) is 4.24. The van der Waals surface area contributed by atoms with Gasteiger partial charge in [-0.2, -0.15) is 0 Å². The van der Waals surface area contributed by atoms with E-state index in [9.17, 15) is 4.79 Å². The van der Waals surface area contributed by atoms with Crippen LogP contribution in [-0.2, 0) is 4.74 Å². The van der Waals surface area contributed by atoms with Crippen LogP contribution in [0.15, 0.2) is 22.8 Å². The van der Waals surface area contributed by atoms with E-state index in [1.54, 1.807) is 4.90 Å². The maximum atomic E-state index is 12.4. The summed E-state index contributed by atoms with van der Waals surface area (Å²) >= 11 is 3.53. The Morgan fingerprint density at radius 2 is 2.17 bits per heavy atom. The fraction of sp³-hybridized carbons (Fsp3) is 0.556. The maximum absolute atomic E-state index is 12.4. The van der Waals surface area contributed by atoms with Crippen molar-refractivity contribution in [3.63, 3.8) is 0 Å². The van der Waals surface area contributed by atoms with Gasteiger partial charge < -0.3 is 9.72 Å². The van der Waals surface area contributed by atoms with Crippen molar-refractivity contribution in [3.8, 4) is 0 Å². The lowest BCUT2D eigenvalue weighted by atomic mass is 10.0. The van der Waals surface area contributed by atoms with Gasteiger partial charge >= 0.3 is 6.09 Å². The van der Waals surface area contributed by atoms with Crippen molar-refractivity contribution in [3.05, 3.63) is 34.3 Å². The van der Waals surface area contributed by atoms with Gasteiger partial charge in [0.1, 0.15) is 11.4 Å². The zero-order chi connectivity index (χ0) is 17.3. The molecule has 0 spiro atoms. The zero-order valence-electron chi connectivity index (χ0n) is 14.4. The van der Waals surface area contributed by atoms with Crippen molar-refractivity contribution < 1.29 is 9.53 Å². The number of aromatic nitrogens is 2. The van der Waals surface area contributed by atoms with Gasteiger partial charge in [-0.15, -0.1) is 0 Å². The fourth-order valence-electron chi connectivity index (χ4n) is 3.10.